The summed E-state index contributed by atoms with van der Waals surface area (Å²) in [5.41, 5.74) is 0.751. The summed E-state index contributed by atoms with van der Waals surface area (Å²) >= 11 is 5.79. The Hall–Kier alpha value is -2.42. The molecular formula is C21H24Cl2FN3O4. The highest BCUT2D eigenvalue weighted by Gasteiger charge is 2.32. The quantitative estimate of drug-likeness (QED) is 0.463. The maximum atomic E-state index is 13.1. The molecule has 1 fully saturated rings. The molecule has 2 aromatic carbocycles. The number of carbonyl (C=O) groups is 1. The normalized spacial score (nSPS) is 18.9. The first kappa shape index (κ1) is 24.8. The van der Waals surface area contributed by atoms with Crippen LogP contribution in [0.5, 0.6) is 5.75 Å². The van der Waals surface area contributed by atoms with Crippen LogP contribution in [0.1, 0.15) is 19.4 Å². The first-order valence-corrected chi connectivity index (χ1v) is 9.97. The van der Waals surface area contributed by atoms with E-state index in [1.165, 1.54) is 30.3 Å². The van der Waals surface area contributed by atoms with E-state index in [0.29, 0.717) is 19.6 Å². The van der Waals surface area contributed by atoms with Gasteiger partial charge in [-0.05, 0) is 43.7 Å². The molecule has 10 heteroatoms. The lowest BCUT2D eigenvalue weighted by atomic mass is 10.1. The van der Waals surface area contributed by atoms with Crippen LogP contribution in [0.15, 0.2) is 42.5 Å². The molecule has 0 saturated carbocycles. The summed E-state index contributed by atoms with van der Waals surface area (Å²) in [6, 6.07) is 10.6. The summed E-state index contributed by atoms with van der Waals surface area (Å²) < 4.78 is 18.6. The van der Waals surface area contributed by atoms with Crippen molar-refractivity contribution in [1.29, 1.82) is 0 Å². The summed E-state index contributed by atoms with van der Waals surface area (Å²) in [5, 5.41) is 11.0. The zero-order valence-corrected chi connectivity index (χ0v) is 18.7. The molecule has 0 radical (unpaired) electrons. The Bertz CT molecular complexity index is 929. The summed E-state index contributed by atoms with van der Waals surface area (Å²) in [6.45, 7) is 5.68. The molecule has 168 valence electrons. The number of rotatable bonds is 6. The van der Waals surface area contributed by atoms with Gasteiger partial charge in [0.2, 0.25) is 0 Å². The Labute approximate surface area is 191 Å². The number of piperazine rings is 1. The number of nitro groups is 1. The fraction of sp³-hybridized carbons (Fsp3) is 0.381. The molecule has 2 atom stereocenters. The zero-order valence-electron chi connectivity index (χ0n) is 17.2. The minimum absolute atomic E-state index is 0. The Morgan fingerprint density at radius 1 is 1.19 bits per heavy atom. The van der Waals surface area contributed by atoms with Crippen LogP contribution in [0.4, 0.5) is 10.1 Å². The van der Waals surface area contributed by atoms with Crippen LogP contribution < -0.4 is 4.74 Å². The van der Waals surface area contributed by atoms with Crippen LogP contribution in [-0.4, -0.2) is 52.4 Å². The number of nitrogens with zero attached hydrogens (tertiary/aromatic N) is 3. The molecule has 0 aliphatic carbocycles. The zero-order chi connectivity index (χ0) is 21.8. The van der Waals surface area contributed by atoms with Crippen molar-refractivity contribution in [2.75, 3.05) is 19.7 Å². The average Bonchev–Trinajstić information content (AvgIpc) is 2.71. The third-order valence-electron chi connectivity index (χ3n) is 5.21. The first-order chi connectivity index (χ1) is 14.2. The number of hydrogen-bond acceptors (Lipinski definition) is 5. The molecule has 0 N–H and O–H groups in total. The number of ether oxygens (including phenoxy) is 1. The van der Waals surface area contributed by atoms with E-state index < -0.39 is 4.92 Å². The minimum atomic E-state index is -0.596. The lowest BCUT2D eigenvalue weighted by Crippen LogP contribution is -2.58. The molecule has 7 nitrogen and oxygen atoms in total. The molecule has 1 saturated heterocycles. The van der Waals surface area contributed by atoms with Gasteiger partial charge in [-0.3, -0.25) is 19.8 Å². The Kier molecular flexibility index (Phi) is 8.61. The molecule has 0 unspecified atom stereocenters. The van der Waals surface area contributed by atoms with Crippen LogP contribution in [0, 0.1) is 15.9 Å². The predicted molar refractivity (Wildman–Crippen MR) is 118 cm³/mol. The molecule has 31 heavy (non-hydrogen) atoms. The summed E-state index contributed by atoms with van der Waals surface area (Å²) in [4.78, 5) is 27.1. The predicted octanol–water partition coefficient (Wildman–Crippen LogP) is 4.31. The van der Waals surface area contributed by atoms with E-state index in [1.54, 1.807) is 17.0 Å². The van der Waals surface area contributed by atoms with Gasteiger partial charge in [0, 0.05) is 31.7 Å². The number of hydrogen-bond donors (Lipinski definition) is 0. The van der Waals surface area contributed by atoms with Gasteiger partial charge in [0.15, 0.2) is 6.61 Å². The lowest BCUT2D eigenvalue weighted by molar-refractivity contribution is -0.384. The van der Waals surface area contributed by atoms with E-state index in [-0.39, 0.29) is 59.3 Å². The topological polar surface area (TPSA) is 75.9 Å². The van der Waals surface area contributed by atoms with Crippen LogP contribution in [0.2, 0.25) is 5.02 Å². The second kappa shape index (κ2) is 10.7. The van der Waals surface area contributed by atoms with Crippen molar-refractivity contribution in [3.05, 3.63) is 69.0 Å². The SMILES string of the molecule is C[C@@H]1CN(C(=O)COc2ccc(Cl)c([N+](=O)[O-])c2)[C@@H](C)CN1Cc1ccc(F)cc1.Cl. The van der Waals surface area contributed by atoms with E-state index in [2.05, 4.69) is 4.90 Å². The fourth-order valence-electron chi connectivity index (χ4n) is 3.54. The summed E-state index contributed by atoms with van der Waals surface area (Å²) in [7, 11) is 0. The average molecular weight is 472 g/mol. The van der Waals surface area contributed by atoms with E-state index in [4.69, 9.17) is 16.3 Å². The monoisotopic (exact) mass is 471 g/mol. The summed E-state index contributed by atoms with van der Waals surface area (Å²) in [5.74, 6) is -0.231. The Balaban J connectivity index is 0.00000341. The van der Waals surface area contributed by atoms with Crippen molar-refractivity contribution in [3.63, 3.8) is 0 Å². The van der Waals surface area contributed by atoms with Gasteiger partial charge in [-0.25, -0.2) is 4.39 Å². The van der Waals surface area contributed by atoms with Crippen molar-refractivity contribution < 1.29 is 18.8 Å². The van der Waals surface area contributed by atoms with Crippen LogP contribution >= 0.6 is 24.0 Å². The van der Waals surface area contributed by atoms with Crippen molar-refractivity contribution >= 4 is 35.6 Å². The Morgan fingerprint density at radius 3 is 2.52 bits per heavy atom. The van der Waals surface area contributed by atoms with E-state index in [9.17, 15) is 19.3 Å². The van der Waals surface area contributed by atoms with Gasteiger partial charge in [0.25, 0.3) is 11.6 Å². The lowest BCUT2D eigenvalue weighted by Gasteiger charge is -2.44. The number of halogens is 3. The van der Waals surface area contributed by atoms with Crippen molar-refractivity contribution in [3.8, 4) is 5.75 Å². The molecule has 0 bridgehead atoms. The minimum Gasteiger partial charge on any atom is -0.484 e. The molecule has 2 aromatic rings. The van der Waals surface area contributed by atoms with E-state index in [0.717, 1.165) is 5.56 Å². The van der Waals surface area contributed by atoms with E-state index in [1.807, 2.05) is 13.8 Å². The van der Waals surface area contributed by atoms with Crippen LogP contribution in [0.25, 0.3) is 0 Å². The summed E-state index contributed by atoms with van der Waals surface area (Å²) in [6.07, 6.45) is 0. The maximum Gasteiger partial charge on any atom is 0.291 e. The number of benzene rings is 2. The number of amides is 1. The van der Waals surface area contributed by atoms with Crippen molar-refractivity contribution in [2.24, 2.45) is 0 Å². The molecular weight excluding hydrogens is 448 g/mol. The van der Waals surface area contributed by atoms with Crippen molar-refractivity contribution in [2.45, 2.75) is 32.5 Å². The second-order valence-corrected chi connectivity index (χ2v) is 7.87. The molecule has 0 spiro atoms. The highest BCUT2D eigenvalue weighted by atomic mass is 35.5. The van der Waals surface area contributed by atoms with Gasteiger partial charge in [0.05, 0.1) is 11.0 Å². The molecule has 3 rings (SSSR count). The number of carbonyl (C=O) groups excluding carboxylic acids is 1. The van der Waals surface area contributed by atoms with Gasteiger partial charge in [0.1, 0.15) is 16.6 Å². The van der Waals surface area contributed by atoms with Gasteiger partial charge >= 0.3 is 0 Å². The van der Waals surface area contributed by atoms with E-state index >= 15 is 0 Å². The second-order valence-electron chi connectivity index (χ2n) is 7.46. The van der Waals surface area contributed by atoms with Gasteiger partial charge in [-0.1, -0.05) is 23.7 Å². The molecule has 1 aliphatic heterocycles. The van der Waals surface area contributed by atoms with Crippen LogP contribution in [-0.2, 0) is 11.3 Å². The number of nitro benzene ring substituents is 1. The smallest absolute Gasteiger partial charge is 0.291 e. The maximum absolute atomic E-state index is 13.1. The Morgan fingerprint density at radius 2 is 1.87 bits per heavy atom. The first-order valence-electron chi connectivity index (χ1n) is 9.59. The van der Waals surface area contributed by atoms with Gasteiger partial charge < -0.3 is 9.64 Å². The van der Waals surface area contributed by atoms with Gasteiger partial charge in [-0.15, -0.1) is 12.4 Å². The van der Waals surface area contributed by atoms with Crippen LogP contribution in [0.3, 0.4) is 0 Å². The standard InChI is InChI=1S/C21H23ClFN3O4.ClH/c1-14-11-25(15(2)10-24(14)12-16-3-5-17(23)6-4-16)21(27)13-30-18-7-8-19(22)20(9-18)26(28)29;/h3-9,14-15H,10-13H2,1-2H3;1H/t14-,15+;/m1./s1. The molecule has 0 aromatic heterocycles. The van der Waals surface area contributed by atoms with Crippen molar-refractivity contribution in [1.82, 2.24) is 9.80 Å². The molecule has 1 amide bonds. The third kappa shape index (κ3) is 6.29. The fourth-order valence-corrected chi connectivity index (χ4v) is 3.73. The van der Waals surface area contributed by atoms with Gasteiger partial charge in [-0.2, -0.15) is 0 Å². The molecule has 1 heterocycles. The molecule has 1 aliphatic rings. The largest absolute Gasteiger partial charge is 0.484 e. The highest BCUT2D eigenvalue weighted by molar-refractivity contribution is 6.32. The third-order valence-corrected chi connectivity index (χ3v) is 5.53. The highest BCUT2D eigenvalue weighted by Crippen LogP contribution is 2.28.